The van der Waals surface area contributed by atoms with Crippen molar-refractivity contribution in [2.24, 2.45) is 5.73 Å². The van der Waals surface area contributed by atoms with Gasteiger partial charge in [0.2, 0.25) is 0 Å². The van der Waals surface area contributed by atoms with E-state index in [4.69, 9.17) is 20.3 Å². The molecule has 0 atom stereocenters. The van der Waals surface area contributed by atoms with Crippen LogP contribution in [0.15, 0.2) is 72.9 Å². The van der Waals surface area contributed by atoms with Crippen molar-refractivity contribution in [3.63, 3.8) is 0 Å². The molecule has 2 heterocycles. The third kappa shape index (κ3) is 6.23. The quantitative estimate of drug-likeness (QED) is 0.323. The lowest BCUT2D eigenvalue weighted by atomic mass is 9.92. The van der Waals surface area contributed by atoms with Gasteiger partial charge in [-0.25, -0.2) is 9.48 Å². The van der Waals surface area contributed by atoms with E-state index < -0.39 is 11.9 Å². The highest BCUT2D eigenvalue weighted by Crippen LogP contribution is 2.28. The summed E-state index contributed by atoms with van der Waals surface area (Å²) in [5.41, 5.74) is 7.28. The molecule has 4 aromatic rings. The van der Waals surface area contributed by atoms with E-state index in [0.29, 0.717) is 28.8 Å². The average Bonchev–Trinajstić information content (AvgIpc) is 3.29. The van der Waals surface area contributed by atoms with Crippen LogP contribution in [0.25, 0.3) is 5.69 Å². The first-order valence-corrected chi connectivity index (χ1v) is 11.5. The summed E-state index contributed by atoms with van der Waals surface area (Å²) >= 11 is 0. The molecule has 0 aliphatic rings. The molecule has 0 unspecified atom stereocenters. The van der Waals surface area contributed by atoms with Gasteiger partial charge in [-0.2, -0.15) is 5.10 Å². The molecule has 3 amide bonds. The summed E-state index contributed by atoms with van der Waals surface area (Å²) in [5, 5.41) is 10.4. The van der Waals surface area contributed by atoms with Gasteiger partial charge in [0.05, 0.1) is 18.5 Å². The molecule has 0 bridgehead atoms. The monoisotopic (exact) mass is 500 g/mol. The van der Waals surface area contributed by atoms with Crippen LogP contribution < -0.4 is 25.8 Å². The summed E-state index contributed by atoms with van der Waals surface area (Å²) in [5.74, 6) is 1.48. The second-order valence-electron chi connectivity index (χ2n) is 9.22. The van der Waals surface area contributed by atoms with Gasteiger partial charge < -0.3 is 20.5 Å². The van der Waals surface area contributed by atoms with Crippen molar-refractivity contribution in [3.05, 3.63) is 84.3 Å². The van der Waals surface area contributed by atoms with E-state index in [9.17, 15) is 9.59 Å². The van der Waals surface area contributed by atoms with Crippen molar-refractivity contribution in [3.8, 4) is 22.9 Å². The van der Waals surface area contributed by atoms with E-state index in [1.165, 1.54) is 12.3 Å². The van der Waals surface area contributed by atoms with E-state index in [2.05, 4.69) is 36.4 Å². The maximum atomic E-state index is 12.9. The van der Waals surface area contributed by atoms with Crippen molar-refractivity contribution < 1.29 is 19.1 Å². The SMILES string of the molecule is COc1cccc(-n2nc(C(C)(C)C)cc2NC(=O)Nc2ccc(Oc3ccnc(C(N)=O)c3)cc2)c1. The number of amides is 3. The average molecular weight is 501 g/mol. The van der Waals surface area contributed by atoms with Crippen LogP contribution in [0.2, 0.25) is 0 Å². The fourth-order valence-corrected chi connectivity index (χ4v) is 3.41. The topological polar surface area (TPSA) is 133 Å². The standard InChI is InChI=1S/C27H28N6O4/c1-27(2,3)23-16-24(33(32-23)18-6-5-7-20(14-18)36-4)31-26(35)30-17-8-10-19(11-9-17)37-21-12-13-29-22(15-21)25(28)34/h5-16H,1-4H3,(H2,28,34)(H2,30,31,35). The number of nitrogens with one attached hydrogen (secondary N) is 2. The Hall–Kier alpha value is -4.86. The van der Waals surface area contributed by atoms with Gasteiger partial charge in [-0.3, -0.25) is 15.1 Å². The first-order chi connectivity index (χ1) is 17.6. The molecular weight excluding hydrogens is 472 g/mol. The van der Waals surface area contributed by atoms with E-state index in [-0.39, 0.29) is 11.1 Å². The fraction of sp³-hybridized carbons (Fsp3) is 0.185. The van der Waals surface area contributed by atoms with Gasteiger partial charge in [-0.15, -0.1) is 0 Å². The lowest BCUT2D eigenvalue weighted by Crippen LogP contribution is -2.21. The highest BCUT2D eigenvalue weighted by molar-refractivity contribution is 5.99. The van der Waals surface area contributed by atoms with Gasteiger partial charge in [0, 0.05) is 35.5 Å². The first-order valence-electron chi connectivity index (χ1n) is 11.5. The number of hydrogen-bond donors (Lipinski definition) is 3. The Balaban J connectivity index is 1.48. The minimum absolute atomic E-state index is 0.107. The maximum absolute atomic E-state index is 12.9. The normalized spacial score (nSPS) is 11.0. The fourth-order valence-electron chi connectivity index (χ4n) is 3.41. The predicted molar refractivity (Wildman–Crippen MR) is 141 cm³/mol. The van der Waals surface area contributed by atoms with Gasteiger partial charge in [0.25, 0.3) is 5.91 Å². The zero-order valence-electron chi connectivity index (χ0n) is 21.0. The molecule has 0 aliphatic carbocycles. The number of urea groups is 1. The number of aromatic nitrogens is 3. The summed E-state index contributed by atoms with van der Waals surface area (Å²) in [6.07, 6.45) is 1.44. The van der Waals surface area contributed by atoms with Crippen LogP contribution in [0, 0.1) is 0 Å². The number of benzene rings is 2. The predicted octanol–water partition coefficient (Wildman–Crippen LogP) is 5.11. The minimum atomic E-state index is -0.640. The van der Waals surface area contributed by atoms with Crippen molar-refractivity contribution in [2.45, 2.75) is 26.2 Å². The summed E-state index contributed by atoms with van der Waals surface area (Å²) in [6.45, 7) is 6.16. The van der Waals surface area contributed by atoms with Crippen LogP contribution in [0.3, 0.4) is 0 Å². The Morgan fingerprint density at radius 2 is 1.68 bits per heavy atom. The van der Waals surface area contributed by atoms with Crippen LogP contribution in [0.5, 0.6) is 17.2 Å². The molecule has 10 heteroatoms. The molecule has 190 valence electrons. The van der Waals surface area contributed by atoms with Crippen LogP contribution in [0.4, 0.5) is 16.3 Å². The molecule has 0 spiro atoms. The van der Waals surface area contributed by atoms with E-state index in [0.717, 1.165) is 11.4 Å². The number of ether oxygens (including phenoxy) is 2. The zero-order chi connectivity index (χ0) is 26.6. The molecule has 4 rings (SSSR count). The second kappa shape index (κ2) is 10.4. The van der Waals surface area contributed by atoms with Crippen molar-refractivity contribution >= 4 is 23.4 Å². The molecule has 0 radical (unpaired) electrons. The number of carbonyl (C=O) groups excluding carboxylic acids is 2. The number of nitrogens with zero attached hydrogens (tertiary/aromatic N) is 3. The van der Waals surface area contributed by atoms with Gasteiger partial charge >= 0.3 is 6.03 Å². The minimum Gasteiger partial charge on any atom is -0.497 e. The number of rotatable bonds is 7. The van der Waals surface area contributed by atoms with E-state index >= 15 is 0 Å². The largest absolute Gasteiger partial charge is 0.497 e. The molecular formula is C27H28N6O4. The lowest BCUT2D eigenvalue weighted by Gasteiger charge is -2.14. The first kappa shape index (κ1) is 25.2. The molecule has 2 aromatic heterocycles. The number of hydrogen-bond acceptors (Lipinski definition) is 6. The van der Waals surface area contributed by atoms with Crippen molar-refractivity contribution in [1.82, 2.24) is 14.8 Å². The molecule has 10 nitrogen and oxygen atoms in total. The van der Waals surface area contributed by atoms with Gasteiger partial charge in [0.1, 0.15) is 28.8 Å². The van der Waals surface area contributed by atoms with Gasteiger partial charge in [0.15, 0.2) is 0 Å². The van der Waals surface area contributed by atoms with Crippen LogP contribution in [-0.2, 0) is 5.41 Å². The van der Waals surface area contributed by atoms with Gasteiger partial charge in [-0.05, 0) is 42.5 Å². The number of primary amides is 1. The summed E-state index contributed by atoms with van der Waals surface area (Å²) in [4.78, 5) is 28.1. The molecule has 37 heavy (non-hydrogen) atoms. The van der Waals surface area contributed by atoms with Crippen molar-refractivity contribution in [1.29, 1.82) is 0 Å². The van der Waals surface area contributed by atoms with Crippen LogP contribution in [0.1, 0.15) is 37.0 Å². The van der Waals surface area contributed by atoms with E-state index in [1.807, 2.05) is 30.3 Å². The molecule has 0 aliphatic heterocycles. The smallest absolute Gasteiger partial charge is 0.324 e. The number of methoxy groups -OCH3 is 1. The molecule has 0 saturated carbocycles. The van der Waals surface area contributed by atoms with E-state index in [1.54, 1.807) is 42.1 Å². The molecule has 0 saturated heterocycles. The Labute approximate surface area is 214 Å². The maximum Gasteiger partial charge on any atom is 0.324 e. The number of carbonyl (C=O) groups is 2. The molecule has 2 aromatic carbocycles. The third-order valence-corrected chi connectivity index (χ3v) is 5.35. The highest BCUT2D eigenvalue weighted by atomic mass is 16.5. The van der Waals surface area contributed by atoms with Crippen LogP contribution in [-0.4, -0.2) is 33.8 Å². The van der Waals surface area contributed by atoms with Gasteiger partial charge in [-0.1, -0.05) is 26.8 Å². The Bertz CT molecular complexity index is 1420. The molecule has 4 N–H and O–H groups in total. The molecule has 0 fully saturated rings. The number of pyridine rings is 1. The summed E-state index contributed by atoms with van der Waals surface area (Å²) < 4.78 is 12.8. The Kier molecular flexibility index (Phi) is 7.10. The third-order valence-electron chi connectivity index (χ3n) is 5.35. The second-order valence-corrected chi connectivity index (χ2v) is 9.22. The number of nitrogens with two attached hydrogens (primary N) is 1. The number of anilines is 2. The highest BCUT2D eigenvalue weighted by Gasteiger charge is 2.22. The summed E-state index contributed by atoms with van der Waals surface area (Å²) in [7, 11) is 1.60. The lowest BCUT2D eigenvalue weighted by molar-refractivity contribution is 0.0995. The van der Waals surface area contributed by atoms with Crippen LogP contribution >= 0.6 is 0 Å². The Morgan fingerprint density at radius 1 is 0.919 bits per heavy atom. The zero-order valence-corrected chi connectivity index (χ0v) is 21.0. The van der Waals surface area contributed by atoms with Crippen molar-refractivity contribution in [2.75, 3.05) is 17.7 Å². The Morgan fingerprint density at radius 3 is 2.35 bits per heavy atom. The summed E-state index contributed by atoms with van der Waals surface area (Å²) in [6, 6.07) is 18.7.